The molecule has 0 amide bonds. The fourth-order valence-corrected chi connectivity index (χ4v) is 4.75. The molecule has 0 spiro atoms. The molecule has 0 aromatic heterocycles. The summed E-state index contributed by atoms with van der Waals surface area (Å²) in [5.41, 5.74) is 6.71. The summed E-state index contributed by atoms with van der Waals surface area (Å²) in [6.07, 6.45) is 29.3. The van der Waals surface area contributed by atoms with Gasteiger partial charge in [0.1, 0.15) is 0 Å². The highest BCUT2D eigenvalue weighted by molar-refractivity contribution is 6.02. The molecule has 0 radical (unpaired) electrons. The molecule has 0 bridgehead atoms. The summed E-state index contributed by atoms with van der Waals surface area (Å²) >= 11 is 0. The van der Waals surface area contributed by atoms with E-state index in [1.54, 1.807) is 0 Å². The Morgan fingerprint density at radius 3 is 2.62 bits per heavy atom. The molecule has 2 heteroatoms. The normalized spacial score (nSPS) is 28.4. The molecule has 2 heterocycles. The van der Waals surface area contributed by atoms with Crippen molar-refractivity contribution in [3.63, 3.8) is 0 Å². The molecule has 2 nitrogen and oxygen atoms in total. The topological polar surface area (TPSA) is 24.4 Å². The lowest BCUT2D eigenvalue weighted by Crippen LogP contribution is -2.27. The fraction of sp³-hybridized carbons (Fsp3) is 0.370. The van der Waals surface area contributed by atoms with Crippen LogP contribution in [0.2, 0.25) is 0 Å². The van der Waals surface area contributed by atoms with Gasteiger partial charge < -0.3 is 5.32 Å². The van der Waals surface area contributed by atoms with Crippen molar-refractivity contribution in [3.05, 3.63) is 95.6 Å². The molecule has 0 fully saturated rings. The lowest BCUT2D eigenvalue weighted by Gasteiger charge is -2.28. The van der Waals surface area contributed by atoms with Crippen LogP contribution in [0.4, 0.5) is 0 Å². The van der Waals surface area contributed by atoms with Gasteiger partial charge in [-0.05, 0) is 49.1 Å². The lowest BCUT2D eigenvalue weighted by molar-refractivity contribution is 0.379. The predicted octanol–water partition coefficient (Wildman–Crippen LogP) is 6.71. The van der Waals surface area contributed by atoms with E-state index in [9.17, 15) is 0 Å². The molecule has 0 aromatic rings. The summed E-state index contributed by atoms with van der Waals surface area (Å²) in [5.74, 6) is 0.513. The van der Waals surface area contributed by atoms with E-state index < -0.39 is 0 Å². The first-order valence-electron chi connectivity index (χ1n) is 10.8. The van der Waals surface area contributed by atoms with E-state index in [0.29, 0.717) is 5.92 Å². The minimum absolute atomic E-state index is 0.0978. The summed E-state index contributed by atoms with van der Waals surface area (Å²) in [6.45, 7) is 9.23. The molecule has 0 unspecified atom stereocenters. The molecule has 150 valence electrons. The number of allylic oxidation sites excluding steroid dienone is 14. The van der Waals surface area contributed by atoms with Crippen LogP contribution in [0.15, 0.2) is 101 Å². The molecule has 29 heavy (non-hydrogen) atoms. The van der Waals surface area contributed by atoms with Gasteiger partial charge in [-0.3, -0.25) is 4.99 Å². The molecule has 1 N–H and O–H groups in total. The van der Waals surface area contributed by atoms with Crippen molar-refractivity contribution in [1.29, 1.82) is 0 Å². The maximum absolute atomic E-state index is 4.86. The molecule has 4 rings (SSSR count). The van der Waals surface area contributed by atoms with Gasteiger partial charge in [-0.15, -0.1) is 0 Å². The van der Waals surface area contributed by atoms with Crippen molar-refractivity contribution in [2.75, 3.05) is 0 Å². The second-order valence-electron chi connectivity index (χ2n) is 9.32. The minimum atomic E-state index is 0.0978. The Hall–Kier alpha value is -2.61. The third-order valence-corrected chi connectivity index (χ3v) is 6.74. The third-order valence-electron chi connectivity index (χ3n) is 6.74. The smallest absolute Gasteiger partial charge is 0.0470 e. The Kier molecular flexibility index (Phi) is 5.21. The summed E-state index contributed by atoms with van der Waals surface area (Å²) in [7, 11) is 0. The van der Waals surface area contributed by atoms with E-state index in [4.69, 9.17) is 4.99 Å². The molecule has 2 aliphatic carbocycles. The van der Waals surface area contributed by atoms with Crippen molar-refractivity contribution >= 4 is 5.71 Å². The van der Waals surface area contributed by atoms with Gasteiger partial charge in [0.05, 0.1) is 0 Å². The number of nitrogens with one attached hydrogen (secondary N) is 1. The molecule has 0 saturated heterocycles. The van der Waals surface area contributed by atoms with Crippen molar-refractivity contribution in [2.45, 2.75) is 47.0 Å². The summed E-state index contributed by atoms with van der Waals surface area (Å²) in [5, 5.41) is 3.59. The maximum Gasteiger partial charge on any atom is 0.0470 e. The van der Waals surface area contributed by atoms with Crippen LogP contribution >= 0.6 is 0 Å². The largest absolute Gasteiger partial charge is 0.358 e. The van der Waals surface area contributed by atoms with Crippen LogP contribution < -0.4 is 5.32 Å². The average molecular weight is 385 g/mol. The number of hydrogen-bond donors (Lipinski definition) is 1. The fourth-order valence-electron chi connectivity index (χ4n) is 4.75. The van der Waals surface area contributed by atoms with Gasteiger partial charge in [-0.1, -0.05) is 76.3 Å². The van der Waals surface area contributed by atoms with Crippen LogP contribution in [0.25, 0.3) is 0 Å². The number of aliphatic imine (C=N–C) groups is 1. The highest BCUT2D eigenvalue weighted by Crippen LogP contribution is 2.45. The third kappa shape index (κ3) is 3.69. The zero-order valence-electron chi connectivity index (χ0n) is 18.1. The Balaban J connectivity index is 1.37. The zero-order chi connectivity index (χ0) is 20.5. The second kappa shape index (κ2) is 7.67. The van der Waals surface area contributed by atoms with E-state index >= 15 is 0 Å². The van der Waals surface area contributed by atoms with Crippen LogP contribution in [0, 0.1) is 16.7 Å². The van der Waals surface area contributed by atoms with E-state index in [0.717, 1.165) is 19.3 Å². The zero-order valence-corrected chi connectivity index (χ0v) is 18.1. The Bertz CT molecular complexity index is 952. The SMILES string of the molecule is CC1(C)C2=C(C=CCC2)N\C1=C/C=C/C=C/C=C/C1=NC2=CC=CC[C@H]2C1(C)C. The standard InChI is InChI=1S/C27H32N2/c1-26(2)20-14-10-12-16-22(20)28-24(26)18-8-6-5-7-9-19-25-27(3,4)21-15-11-13-17-23(21)29-25/h5-10,12-13,16-20,29H,11,14-15H2,1-4H3/b6-5+,9-7+,18-8+,25-19-/t20-/m1/s1. The number of hydrogen-bond acceptors (Lipinski definition) is 2. The van der Waals surface area contributed by atoms with Crippen LogP contribution in [-0.2, 0) is 0 Å². The second-order valence-corrected chi connectivity index (χ2v) is 9.32. The van der Waals surface area contributed by atoms with Gasteiger partial charge in [0.2, 0.25) is 0 Å². The van der Waals surface area contributed by atoms with Crippen molar-refractivity contribution in [3.8, 4) is 0 Å². The maximum atomic E-state index is 4.86. The van der Waals surface area contributed by atoms with Crippen molar-refractivity contribution < 1.29 is 0 Å². The number of rotatable bonds is 4. The number of fused-ring (bicyclic) bond motifs is 1. The summed E-state index contributed by atoms with van der Waals surface area (Å²) < 4.78 is 0. The van der Waals surface area contributed by atoms with Gasteiger partial charge >= 0.3 is 0 Å². The first kappa shape index (κ1) is 19.7. The van der Waals surface area contributed by atoms with E-state index in [2.05, 4.69) is 106 Å². The minimum Gasteiger partial charge on any atom is -0.358 e. The monoisotopic (exact) mass is 384 g/mol. The Morgan fingerprint density at radius 1 is 1.03 bits per heavy atom. The average Bonchev–Trinajstić information content (AvgIpc) is 3.11. The predicted molar refractivity (Wildman–Crippen MR) is 124 cm³/mol. The lowest BCUT2D eigenvalue weighted by atomic mass is 9.73. The molecule has 0 aromatic carbocycles. The van der Waals surface area contributed by atoms with Crippen molar-refractivity contribution in [2.24, 2.45) is 21.7 Å². The van der Waals surface area contributed by atoms with Crippen LogP contribution in [0.1, 0.15) is 47.0 Å². The highest BCUT2D eigenvalue weighted by atomic mass is 15.0. The molecular formula is C27H32N2. The first-order valence-corrected chi connectivity index (χ1v) is 10.8. The van der Waals surface area contributed by atoms with Crippen LogP contribution in [0.3, 0.4) is 0 Å². The molecule has 4 aliphatic rings. The highest BCUT2D eigenvalue weighted by Gasteiger charge is 2.40. The molecule has 1 atom stereocenters. The quantitative estimate of drug-likeness (QED) is 0.535. The van der Waals surface area contributed by atoms with E-state index in [1.807, 2.05) is 0 Å². The molecular weight excluding hydrogens is 352 g/mol. The van der Waals surface area contributed by atoms with E-state index in [1.165, 1.54) is 28.4 Å². The summed E-state index contributed by atoms with van der Waals surface area (Å²) in [4.78, 5) is 4.86. The first-order chi connectivity index (χ1) is 13.9. The Morgan fingerprint density at radius 2 is 1.83 bits per heavy atom. The number of nitrogens with zero attached hydrogens (tertiary/aromatic N) is 1. The van der Waals surface area contributed by atoms with Gasteiger partial charge in [-0.25, -0.2) is 0 Å². The van der Waals surface area contributed by atoms with E-state index in [-0.39, 0.29) is 10.8 Å². The van der Waals surface area contributed by atoms with Crippen LogP contribution in [-0.4, -0.2) is 5.71 Å². The summed E-state index contributed by atoms with van der Waals surface area (Å²) in [6, 6.07) is 0. The van der Waals surface area contributed by atoms with Crippen LogP contribution in [0.5, 0.6) is 0 Å². The Labute approximate surface area is 175 Å². The van der Waals surface area contributed by atoms with Gasteiger partial charge in [0.15, 0.2) is 0 Å². The van der Waals surface area contributed by atoms with Gasteiger partial charge in [-0.2, -0.15) is 0 Å². The molecule has 0 saturated carbocycles. The van der Waals surface area contributed by atoms with Gasteiger partial charge in [0.25, 0.3) is 0 Å². The van der Waals surface area contributed by atoms with Crippen molar-refractivity contribution in [1.82, 2.24) is 5.32 Å². The molecule has 2 aliphatic heterocycles. The van der Waals surface area contributed by atoms with Gasteiger partial charge in [0, 0.05) is 39.6 Å².